The second-order valence-corrected chi connectivity index (χ2v) is 6.30. The summed E-state index contributed by atoms with van der Waals surface area (Å²) < 4.78 is 16.7. The molecular weight excluding hydrogens is 304 g/mol. The Hall–Kier alpha value is -1.14. The first-order valence-electron chi connectivity index (χ1n) is 9.08. The summed E-state index contributed by atoms with van der Waals surface area (Å²) in [5.41, 5.74) is 7.34. The van der Waals surface area contributed by atoms with Crippen LogP contribution in [0.25, 0.3) is 0 Å². The molecule has 0 bridgehead atoms. The van der Waals surface area contributed by atoms with Crippen molar-refractivity contribution >= 4 is 0 Å². The minimum atomic E-state index is -0.235. The molecule has 2 N–H and O–H groups in total. The number of rotatable bonds is 10. The van der Waals surface area contributed by atoms with Crippen molar-refractivity contribution in [2.24, 2.45) is 5.73 Å². The summed E-state index contributed by atoms with van der Waals surface area (Å²) in [4.78, 5) is 2.36. The van der Waals surface area contributed by atoms with Crippen molar-refractivity contribution in [3.63, 3.8) is 0 Å². The van der Waals surface area contributed by atoms with Gasteiger partial charge in [0.25, 0.3) is 0 Å². The summed E-state index contributed by atoms with van der Waals surface area (Å²) >= 11 is 0. The third-order valence-electron chi connectivity index (χ3n) is 4.84. The summed E-state index contributed by atoms with van der Waals surface area (Å²) in [6.07, 6.45) is 1.86. The van der Waals surface area contributed by atoms with Gasteiger partial charge < -0.3 is 19.9 Å². The molecular formula is C19H32N2O3. The molecule has 5 heteroatoms. The fourth-order valence-electron chi connectivity index (χ4n) is 2.88. The highest BCUT2D eigenvalue weighted by molar-refractivity contribution is 5.31. The average Bonchev–Trinajstić information content (AvgIpc) is 2.65. The van der Waals surface area contributed by atoms with Crippen molar-refractivity contribution in [2.75, 3.05) is 52.7 Å². The summed E-state index contributed by atoms with van der Waals surface area (Å²) in [6.45, 7) is 10.8. The lowest BCUT2D eigenvalue weighted by molar-refractivity contribution is 0.0170. The van der Waals surface area contributed by atoms with Crippen LogP contribution in [-0.2, 0) is 15.0 Å². The first-order chi connectivity index (χ1) is 11.7. The first-order valence-corrected chi connectivity index (χ1v) is 9.08. The molecule has 0 aliphatic carbocycles. The lowest BCUT2D eigenvalue weighted by atomic mass is 9.86. The van der Waals surface area contributed by atoms with Gasteiger partial charge in [-0.25, -0.2) is 0 Å². The standard InChI is InChI=1S/C19H32N2O3/c1-3-19(20,4-2)17-5-7-18(8-6-17)24-16-15-23-14-11-21-9-12-22-13-10-21/h5-8H,3-4,9-16,20H2,1-2H3. The van der Waals surface area contributed by atoms with Crippen LogP contribution < -0.4 is 10.5 Å². The van der Waals surface area contributed by atoms with E-state index in [0.29, 0.717) is 13.2 Å². The highest BCUT2D eigenvalue weighted by atomic mass is 16.5. The van der Waals surface area contributed by atoms with Gasteiger partial charge in [0.15, 0.2) is 0 Å². The molecule has 0 aromatic heterocycles. The van der Waals surface area contributed by atoms with E-state index in [1.54, 1.807) is 0 Å². The molecule has 2 rings (SSSR count). The topological polar surface area (TPSA) is 57.0 Å². The monoisotopic (exact) mass is 336 g/mol. The van der Waals surface area contributed by atoms with Crippen LogP contribution in [0.3, 0.4) is 0 Å². The van der Waals surface area contributed by atoms with Crippen LogP contribution in [0.5, 0.6) is 5.75 Å². The lowest BCUT2D eigenvalue weighted by Gasteiger charge is -2.27. The Bertz CT molecular complexity index is 454. The van der Waals surface area contributed by atoms with E-state index in [1.165, 1.54) is 5.56 Å². The molecule has 24 heavy (non-hydrogen) atoms. The highest BCUT2D eigenvalue weighted by Crippen LogP contribution is 2.27. The maximum absolute atomic E-state index is 6.41. The van der Waals surface area contributed by atoms with Gasteiger partial charge in [0.1, 0.15) is 12.4 Å². The third kappa shape index (κ3) is 5.74. The van der Waals surface area contributed by atoms with Gasteiger partial charge in [-0.3, -0.25) is 4.90 Å². The van der Waals surface area contributed by atoms with Crippen molar-refractivity contribution in [1.82, 2.24) is 4.90 Å². The molecule has 0 spiro atoms. The number of nitrogens with two attached hydrogens (primary N) is 1. The van der Waals surface area contributed by atoms with Crippen LogP contribution in [0.15, 0.2) is 24.3 Å². The van der Waals surface area contributed by atoms with Crippen molar-refractivity contribution in [1.29, 1.82) is 0 Å². The lowest BCUT2D eigenvalue weighted by Crippen LogP contribution is -2.38. The molecule has 136 valence electrons. The SMILES string of the molecule is CCC(N)(CC)c1ccc(OCCOCCN2CCOCC2)cc1. The first kappa shape index (κ1) is 19.2. The molecule has 0 unspecified atom stereocenters. The van der Waals surface area contributed by atoms with E-state index in [1.807, 2.05) is 12.1 Å². The summed E-state index contributed by atoms with van der Waals surface area (Å²) in [5, 5.41) is 0. The molecule has 1 aromatic carbocycles. The summed E-state index contributed by atoms with van der Waals surface area (Å²) in [5.74, 6) is 0.866. The van der Waals surface area contributed by atoms with E-state index < -0.39 is 0 Å². The zero-order valence-corrected chi connectivity index (χ0v) is 15.1. The molecule has 5 nitrogen and oxygen atoms in total. The van der Waals surface area contributed by atoms with Crippen LogP contribution in [0.1, 0.15) is 32.3 Å². The fourth-order valence-corrected chi connectivity index (χ4v) is 2.88. The number of ether oxygens (including phenoxy) is 3. The third-order valence-corrected chi connectivity index (χ3v) is 4.84. The summed E-state index contributed by atoms with van der Waals surface area (Å²) in [7, 11) is 0. The van der Waals surface area contributed by atoms with E-state index in [4.69, 9.17) is 19.9 Å². The zero-order chi connectivity index (χ0) is 17.3. The molecule has 0 atom stereocenters. The van der Waals surface area contributed by atoms with Crippen molar-refractivity contribution in [2.45, 2.75) is 32.2 Å². The fraction of sp³-hybridized carbons (Fsp3) is 0.684. The molecule has 1 aromatic rings. The van der Waals surface area contributed by atoms with E-state index in [2.05, 4.69) is 30.9 Å². The van der Waals surface area contributed by atoms with Gasteiger partial charge in [-0.15, -0.1) is 0 Å². The maximum atomic E-state index is 6.41. The molecule has 1 heterocycles. The second-order valence-electron chi connectivity index (χ2n) is 6.30. The van der Waals surface area contributed by atoms with Crippen LogP contribution in [0.4, 0.5) is 0 Å². The van der Waals surface area contributed by atoms with E-state index in [9.17, 15) is 0 Å². The number of hydrogen-bond donors (Lipinski definition) is 1. The van der Waals surface area contributed by atoms with Crippen LogP contribution >= 0.6 is 0 Å². The van der Waals surface area contributed by atoms with Gasteiger partial charge in [0.2, 0.25) is 0 Å². The highest BCUT2D eigenvalue weighted by Gasteiger charge is 2.22. The summed E-state index contributed by atoms with van der Waals surface area (Å²) in [6, 6.07) is 8.13. The Balaban J connectivity index is 1.62. The number of hydrogen-bond acceptors (Lipinski definition) is 5. The molecule has 1 aliphatic heterocycles. The van der Waals surface area contributed by atoms with Gasteiger partial charge in [-0.05, 0) is 30.5 Å². The second kappa shape index (κ2) is 9.99. The normalized spacial score (nSPS) is 16.3. The molecule has 1 fully saturated rings. The molecule has 1 aliphatic rings. The van der Waals surface area contributed by atoms with Crippen molar-refractivity contribution in [3.8, 4) is 5.75 Å². The molecule has 0 radical (unpaired) electrons. The van der Waals surface area contributed by atoms with Crippen LogP contribution in [-0.4, -0.2) is 57.6 Å². The van der Waals surface area contributed by atoms with Gasteiger partial charge >= 0.3 is 0 Å². The van der Waals surface area contributed by atoms with E-state index in [0.717, 1.165) is 58.0 Å². The molecule has 0 saturated carbocycles. The predicted molar refractivity (Wildman–Crippen MR) is 96.5 cm³/mol. The minimum Gasteiger partial charge on any atom is -0.491 e. The minimum absolute atomic E-state index is 0.235. The van der Waals surface area contributed by atoms with Crippen LogP contribution in [0.2, 0.25) is 0 Å². The Morgan fingerprint density at radius 2 is 1.71 bits per heavy atom. The van der Waals surface area contributed by atoms with E-state index >= 15 is 0 Å². The largest absolute Gasteiger partial charge is 0.491 e. The van der Waals surface area contributed by atoms with Crippen LogP contribution in [0, 0.1) is 0 Å². The molecule has 1 saturated heterocycles. The van der Waals surface area contributed by atoms with Gasteiger partial charge in [-0.2, -0.15) is 0 Å². The molecule has 0 amide bonds. The van der Waals surface area contributed by atoms with Crippen molar-refractivity contribution in [3.05, 3.63) is 29.8 Å². The van der Waals surface area contributed by atoms with Gasteiger partial charge in [0.05, 0.1) is 26.4 Å². The van der Waals surface area contributed by atoms with Gasteiger partial charge in [-0.1, -0.05) is 26.0 Å². The predicted octanol–water partition coefficient (Wildman–Crippen LogP) is 2.39. The quantitative estimate of drug-likeness (QED) is 0.665. The maximum Gasteiger partial charge on any atom is 0.119 e. The van der Waals surface area contributed by atoms with Crippen molar-refractivity contribution < 1.29 is 14.2 Å². The number of benzene rings is 1. The Kier molecular flexibility index (Phi) is 7.99. The average molecular weight is 336 g/mol. The van der Waals surface area contributed by atoms with E-state index in [-0.39, 0.29) is 5.54 Å². The zero-order valence-electron chi connectivity index (χ0n) is 15.1. The smallest absolute Gasteiger partial charge is 0.119 e. The Morgan fingerprint density at radius 1 is 1.04 bits per heavy atom. The number of nitrogens with zero attached hydrogens (tertiary/aromatic N) is 1. The number of morpholine rings is 1. The Morgan fingerprint density at radius 3 is 2.33 bits per heavy atom. The Labute approximate surface area is 146 Å². The van der Waals surface area contributed by atoms with Gasteiger partial charge in [0, 0.05) is 25.2 Å².